The van der Waals surface area contributed by atoms with Crippen molar-refractivity contribution >= 4 is 5.91 Å². The Balaban J connectivity index is 2.14. The van der Waals surface area contributed by atoms with Crippen molar-refractivity contribution in [1.82, 2.24) is 10.3 Å². The van der Waals surface area contributed by atoms with Gasteiger partial charge in [-0.05, 0) is 30.4 Å². The molecule has 1 aliphatic carbocycles. The molecule has 1 amide bonds. The zero-order valence-corrected chi connectivity index (χ0v) is 11.7. The van der Waals surface area contributed by atoms with E-state index in [1.54, 1.807) is 0 Å². The van der Waals surface area contributed by atoms with Gasteiger partial charge in [0.25, 0.3) is 5.91 Å². The molecule has 1 saturated carbocycles. The minimum Gasteiger partial charge on any atom is -0.296 e. The second-order valence-electron chi connectivity index (χ2n) is 5.69. The van der Waals surface area contributed by atoms with Crippen molar-refractivity contribution in [3.63, 3.8) is 0 Å². The molecule has 0 heterocycles. The SMILES string of the molecule is CC(C)CN(Cc1ccccc1C(=O)NN)C1CC1. The van der Waals surface area contributed by atoms with Crippen LogP contribution in [0.4, 0.5) is 0 Å². The Hall–Kier alpha value is -1.39. The number of nitrogens with one attached hydrogen (secondary N) is 1. The number of nitrogen functional groups attached to an aromatic ring is 1. The molecule has 4 heteroatoms. The van der Waals surface area contributed by atoms with Gasteiger partial charge in [0.1, 0.15) is 0 Å². The lowest BCUT2D eigenvalue weighted by molar-refractivity contribution is 0.0951. The molecule has 0 saturated heterocycles. The fourth-order valence-electron chi connectivity index (χ4n) is 2.43. The van der Waals surface area contributed by atoms with E-state index in [1.807, 2.05) is 24.3 Å². The van der Waals surface area contributed by atoms with Crippen LogP contribution < -0.4 is 11.3 Å². The van der Waals surface area contributed by atoms with Crippen LogP contribution in [-0.4, -0.2) is 23.4 Å². The van der Waals surface area contributed by atoms with Gasteiger partial charge in [0.2, 0.25) is 0 Å². The zero-order valence-electron chi connectivity index (χ0n) is 11.7. The predicted molar refractivity (Wildman–Crippen MR) is 76.4 cm³/mol. The van der Waals surface area contributed by atoms with E-state index in [-0.39, 0.29) is 5.91 Å². The third kappa shape index (κ3) is 3.78. The molecule has 104 valence electrons. The van der Waals surface area contributed by atoms with Gasteiger partial charge in [-0.3, -0.25) is 15.1 Å². The van der Waals surface area contributed by atoms with Crippen LogP contribution in [0.25, 0.3) is 0 Å². The number of nitrogens with two attached hydrogens (primary N) is 1. The quantitative estimate of drug-likeness (QED) is 0.467. The number of carbonyl (C=O) groups excluding carboxylic acids is 1. The summed E-state index contributed by atoms with van der Waals surface area (Å²) in [6.45, 7) is 6.36. The average Bonchev–Trinajstić information content (AvgIpc) is 3.21. The normalized spacial score (nSPS) is 15.0. The number of nitrogens with zero attached hydrogens (tertiary/aromatic N) is 1. The molecule has 4 nitrogen and oxygen atoms in total. The molecule has 0 aliphatic heterocycles. The van der Waals surface area contributed by atoms with Crippen molar-refractivity contribution in [2.24, 2.45) is 11.8 Å². The van der Waals surface area contributed by atoms with Crippen LogP contribution in [0.1, 0.15) is 42.6 Å². The van der Waals surface area contributed by atoms with E-state index in [2.05, 4.69) is 24.2 Å². The minimum atomic E-state index is -0.212. The topological polar surface area (TPSA) is 58.4 Å². The lowest BCUT2D eigenvalue weighted by Crippen LogP contribution is -2.33. The molecule has 1 aromatic carbocycles. The highest BCUT2D eigenvalue weighted by Crippen LogP contribution is 2.29. The Morgan fingerprint density at radius 2 is 2.11 bits per heavy atom. The van der Waals surface area contributed by atoms with Crippen molar-refractivity contribution in [2.45, 2.75) is 39.3 Å². The minimum absolute atomic E-state index is 0.212. The molecule has 1 aromatic rings. The molecule has 19 heavy (non-hydrogen) atoms. The Morgan fingerprint density at radius 1 is 1.42 bits per heavy atom. The molecular weight excluding hydrogens is 238 g/mol. The maximum atomic E-state index is 11.8. The largest absolute Gasteiger partial charge is 0.296 e. The van der Waals surface area contributed by atoms with Gasteiger partial charge in [-0.25, -0.2) is 5.84 Å². The Labute approximate surface area is 114 Å². The maximum Gasteiger partial charge on any atom is 0.265 e. The molecular formula is C15H23N3O. The molecule has 1 aliphatic rings. The van der Waals surface area contributed by atoms with Gasteiger partial charge in [-0.1, -0.05) is 32.0 Å². The molecule has 2 rings (SSSR count). The van der Waals surface area contributed by atoms with Crippen LogP contribution in [-0.2, 0) is 6.54 Å². The standard InChI is InChI=1S/C15H23N3O/c1-11(2)9-18(13-7-8-13)10-12-5-3-4-6-14(12)15(19)17-16/h3-6,11,13H,7-10,16H2,1-2H3,(H,17,19). The molecule has 0 unspecified atom stereocenters. The van der Waals surface area contributed by atoms with Crippen LogP contribution in [0, 0.1) is 5.92 Å². The average molecular weight is 261 g/mol. The van der Waals surface area contributed by atoms with Crippen molar-refractivity contribution in [2.75, 3.05) is 6.54 Å². The van der Waals surface area contributed by atoms with E-state index >= 15 is 0 Å². The van der Waals surface area contributed by atoms with Crippen LogP contribution in [0.15, 0.2) is 24.3 Å². The fraction of sp³-hybridized carbons (Fsp3) is 0.533. The van der Waals surface area contributed by atoms with Crippen molar-refractivity contribution in [3.05, 3.63) is 35.4 Å². The molecule has 1 fully saturated rings. The van der Waals surface area contributed by atoms with E-state index in [1.165, 1.54) is 12.8 Å². The van der Waals surface area contributed by atoms with Crippen LogP contribution in [0.2, 0.25) is 0 Å². The van der Waals surface area contributed by atoms with Crippen molar-refractivity contribution < 1.29 is 4.79 Å². The third-order valence-electron chi connectivity index (χ3n) is 3.43. The first-order chi connectivity index (χ1) is 9.11. The number of hydrazine groups is 1. The molecule has 0 radical (unpaired) electrons. The number of hydrogen-bond donors (Lipinski definition) is 2. The lowest BCUT2D eigenvalue weighted by atomic mass is 10.1. The second-order valence-corrected chi connectivity index (χ2v) is 5.69. The number of carbonyl (C=O) groups is 1. The zero-order chi connectivity index (χ0) is 13.8. The van der Waals surface area contributed by atoms with E-state index < -0.39 is 0 Å². The maximum absolute atomic E-state index is 11.8. The first-order valence-corrected chi connectivity index (χ1v) is 6.94. The highest BCUT2D eigenvalue weighted by molar-refractivity contribution is 5.95. The van der Waals surface area contributed by atoms with E-state index in [0.717, 1.165) is 18.7 Å². The van der Waals surface area contributed by atoms with Crippen LogP contribution in [0.5, 0.6) is 0 Å². The highest BCUT2D eigenvalue weighted by atomic mass is 16.2. The highest BCUT2D eigenvalue weighted by Gasteiger charge is 2.29. The first kappa shape index (κ1) is 14.0. The summed E-state index contributed by atoms with van der Waals surface area (Å²) in [4.78, 5) is 14.2. The summed E-state index contributed by atoms with van der Waals surface area (Å²) in [5.74, 6) is 5.67. The Bertz CT molecular complexity index is 441. The first-order valence-electron chi connectivity index (χ1n) is 6.94. The summed E-state index contributed by atoms with van der Waals surface area (Å²) >= 11 is 0. The fourth-order valence-corrected chi connectivity index (χ4v) is 2.43. The summed E-state index contributed by atoms with van der Waals surface area (Å²) < 4.78 is 0. The lowest BCUT2D eigenvalue weighted by Gasteiger charge is -2.25. The van der Waals surface area contributed by atoms with Gasteiger partial charge in [0.05, 0.1) is 0 Å². The van der Waals surface area contributed by atoms with E-state index in [4.69, 9.17) is 5.84 Å². The van der Waals surface area contributed by atoms with Gasteiger partial charge >= 0.3 is 0 Å². The Kier molecular flexibility index (Phi) is 4.56. The molecule has 0 bridgehead atoms. The van der Waals surface area contributed by atoms with Gasteiger partial charge in [0, 0.05) is 24.7 Å². The summed E-state index contributed by atoms with van der Waals surface area (Å²) in [6, 6.07) is 8.38. The predicted octanol–water partition coefficient (Wildman–Crippen LogP) is 1.91. The van der Waals surface area contributed by atoms with Gasteiger partial charge in [-0.15, -0.1) is 0 Å². The second kappa shape index (κ2) is 6.17. The number of rotatable bonds is 6. The number of hydrogen-bond acceptors (Lipinski definition) is 3. The van der Waals surface area contributed by atoms with Gasteiger partial charge in [0.15, 0.2) is 0 Å². The molecule has 0 aromatic heterocycles. The van der Waals surface area contributed by atoms with E-state index in [0.29, 0.717) is 17.5 Å². The van der Waals surface area contributed by atoms with Crippen LogP contribution >= 0.6 is 0 Å². The van der Waals surface area contributed by atoms with E-state index in [9.17, 15) is 4.79 Å². The Morgan fingerprint density at radius 3 is 2.68 bits per heavy atom. The number of benzene rings is 1. The van der Waals surface area contributed by atoms with Gasteiger partial charge < -0.3 is 0 Å². The van der Waals surface area contributed by atoms with Crippen molar-refractivity contribution in [1.29, 1.82) is 0 Å². The van der Waals surface area contributed by atoms with Crippen LogP contribution in [0.3, 0.4) is 0 Å². The molecule has 0 spiro atoms. The number of amides is 1. The molecule has 3 N–H and O–H groups in total. The smallest absolute Gasteiger partial charge is 0.265 e. The summed E-state index contributed by atoms with van der Waals surface area (Å²) in [5.41, 5.74) is 3.96. The summed E-state index contributed by atoms with van der Waals surface area (Å²) in [7, 11) is 0. The summed E-state index contributed by atoms with van der Waals surface area (Å²) in [5, 5.41) is 0. The summed E-state index contributed by atoms with van der Waals surface area (Å²) in [6.07, 6.45) is 2.55. The molecule has 0 atom stereocenters. The third-order valence-corrected chi connectivity index (χ3v) is 3.43. The monoisotopic (exact) mass is 261 g/mol. The van der Waals surface area contributed by atoms with Crippen molar-refractivity contribution in [3.8, 4) is 0 Å². The van der Waals surface area contributed by atoms with Gasteiger partial charge in [-0.2, -0.15) is 0 Å².